The van der Waals surface area contributed by atoms with Gasteiger partial charge in [0.05, 0.1) is 0 Å². The third kappa shape index (κ3) is 2.91. The van der Waals surface area contributed by atoms with E-state index in [0.717, 1.165) is 25.1 Å². The summed E-state index contributed by atoms with van der Waals surface area (Å²) in [4.78, 5) is 14.3. The van der Waals surface area contributed by atoms with Crippen LogP contribution in [0.3, 0.4) is 0 Å². The Bertz CT molecular complexity index is 414. The largest absolute Gasteiger partial charge is 0.341 e. The van der Waals surface area contributed by atoms with E-state index in [1.807, 2.05) is 35.2 Å². The molecule has 3 nitrogen and oxygen atoms in total. The molecule has 0 aromatic heterocycles. The van der Waals surface area contributed by atoms with Crippen molar-refractivity contribution in [2.24, 2.45) is 11.1 Å². The van der Waals surface area contributed by atoms with Crippen molar-refractivity contribution in [2.45, 2.75) is 32.7 Å². The van der Waals surface area contributed by atoms with Crippen molar-refractivity contribution in [1.29, 1.82) is 0 Å². The lowest BCUT2D eigenvalue weighted by atomic mass is 9.84. The van der Waals surface area contributed by atoms with Crippen LogP contribution in [0, 0.1) is 5.41 Å². The summed E-state index contributed by atoms with van der Waals surface area (Å²) in [7, 11) is 0. The predicted octanol–water partition coefficient (Wildman–Crippen LogP) is 2.34. The first-order chi connectivity index (χ1) is 8.49. The molecule has 0 unspecified atom stereocenters. The van der Waals surface area contributed by atoms with Gasteiger partial charge in [0.2, 0.25) is 5.91 Å². The Morgan fingerprint density at radius 2 is 2.00 bits per heavy atom. The maximum absolute atomic E-state index is 12.4. The molecule has 1 saturated heterocycles. The zero-order valence-electron chi connectivity index (χ0n) is 11.2. The molecule has 98 valence electrons. The van der Waals surface area contributed by atoms with Crippen molar-refractivity contribution >= 4 is 5.91 Å². The fourth-order valence-electron chi connectivity index (χ4n) is 2.61. The molecular formula is C15H22N2O. The second-order valence-corrected chi connectivity index (χ2v) is 5.92. The summed E-state index contributed by atoms with van der Waals surface area (Å²) in [6, 6.07) is 9.07. The monoisotopic (exact) mass is 246 g/mol. The highest BCUT2D eigenvalue weighted by Gasteiger charge is 2.31. The lowest BCUT2D eigenvalue weighted by Crippen LogP contribution is -2.47. The van der Waals surface area contributed by atoms with E-state index < -0.39 is 6.04 Å². The molecule has 18 heavy (non-hydrogen) atoms. The third-order valence-electron chi connectivity index (χ3n) is 3.64. The Balaban J connectivity index is 2.07. The van der Waals surface area contributed by atoms with Crippen molar-refractivity contribution < 1.29 is 4.79 Å². The average molecular weight is 246 g/mol. The SMILES string of the molecule is CC1(C)CCCN(C(=O)[C@@H](N)c2ccccc2)C1. The molecule has 1 aromatic rings. The third-order valence-corrected chi connectivity index (χ3v) is 3.64. The minimum absolute atomic E-state index is 0.0500. The summed E-state index contributed by atoms with van der Waals surface area (Å²) < 4.78 is 0. The molecule has 0 saturated carbocycles. The summed E-state index contributed by atoms with van der Waals surface area (Å²) in [6.45, 7) is 6.07. The highest BCUT2D eigenvalue weighted by molar-refractivity contribution is 5.83. The summed E-state index contributed by atoms with van der Waals surface area (Å²) in [5, 5.41) is 0. The summed E-state index contributed by atoms with van der Waals surface area (Å²) >= 11 is 0. The van der Waals surface area contributed by atoms with Gasteiger partial charge in [-0.15, -0.1) is 0 Å². The predicted molar refractivity (Wildman–Crippen MR) is 73.0 cm³/mol. The number of nitrogens with zero attached hydrogens (tertiary/aromatic N) is 1. The number of likely N-dealkylation sites (tertiary alicyclic amines) is 1. The van der Waals surface area contributed by atoms with E-state index in [2.05, 4.69) is 13.8 Å². The molecule has 1 amide bonds. The van der Waals surface area contributed by atoms with Gasteiger partial charge >= 0.3 is 0 Å². The highest BCUT2D eigenvalue weighted by Crippen LogP contribution is 2.29. The normalized spacial score (nSPS) is 20.5. The van der Waals surface area contributed by atoms with E-state index in [1.165, 1.54) is 6.42 Å². The van der Waals surface area contributed by atoms with Crippen molar-refractivity contribution in [2.75, 3.05) is 13.1 Å². The maximum Gasteiger partial charge on any atom is 0.244 e. The molecule has 2 rings (SSSR count). The van der Waals surface area contributed by atoms with E-state index in [1.54, 1.807) is 0 Å². The van der Waals surface area contributed by atoms with Crippen LogP contribution < -0.4 is 5.73 Å². The number of carbonyl (C=O) groups is 1. The Kier molecular flexibility index (Phi) is 3.71. The quantitative estimate of drug-likeness (QED) is 0.870. The Hall–Kier alpha value is -1.35. The van der Waals surface area contributed by atoms with Gasteiger partial charge < -0.3 is 10.6 Å². The standard InChI is InChI=1S/C15H22N2O/c1-15(2)9-6-10-17(11-15)14(18)13(16)12-7-4-3-5-8-12/h3-5,7-8,13H,6,9-11,16H2,1-2H3/t13-/m0/s1. The number of benzene rings is 1. The molecule has 0 aliphatic carbocycles. The average Bonchev–Trinajstić information content (AvgIpc) is 2.37. The number of carbonyl (C=O) groups excluding carboxylic acids is 1. The van der Waals surface area contributed by atoms with Crippen molar-refractivity contribution in [3.8, 4) is 0 Å². The van der Waals surface area contributed by atoms with Crippen LogP contribution in [0.2, 0.25) is 0 Å². The Morgan fingerprint density at radius 1 is 1.33 bits per heavy atom. The summed E-state index contributed by atoms with van der Waals surface area (Å²) in [6.07, 6.45) is 2.25. The Labute approximate surface area is 109 Å². The van der Waals surface area contributed by atoms with Crippen LogP contribution in [-0.4, -0.2) is 23.9 Å². The molecule has 2 N–H and O–H groups in total. The lowest BCUT2D eigenvalue weighted by molar-refractivity contribution is -0.135. The van der Waals surface area contributed by atoms with Crippen LogP contribution in [0.1, 0.15) is 38.3 Å². The zero-order chi connectivity index (χ0) is 13.2. The summed E-state index contributed by atoms with van der Waals surface area (Å²) in [5.41, 5.74) is 7.17. The molecule has 1 aromatic carbocycles. The Morgan fingerprint density at radius 3 is 2.61 bits per heavy atom. The van der Waals surface area contributed by atoms with Crippen molar-refractivity contribution in [1.82, 2.24) is 4.90 Å². The van der Waals surface area contributed by atoms with Crippen LogP contribution in [0.25, 0.3) is 0 Å². The van der Waals surface area contributed by atoms with Gasteiger partial charge in [0.15, 0.2) is 0 Å². The molecule has 1 aliphatic rings. The van der Waals surface area contributed by atoms with Gasteiger partial charge in [0.1, 0.15) is 6.04 Å². The van der Waals surface area contributed by atoms with Crippen LogP contribution in [-0.2, 0) is 4.79 Å². The molecule has 0 radical (unpaired) electrons. The number of amides is 1. The minimum atomic E-state index is -0.528. The first kappa shape index (κ1) is 13.1. The highest BCUT2D eigenvalue weighted by atomic mass is 16.2. The van der Waals surface area contributed by atoms with Gasteiger partial charge in [-0.1, -0.05) is 44.2 Å². The fraction of sp³-hybridized carbons (Fsp3) is 0.533. The van der Waals surface area contributed by atoms with Crippen LogP contribution in [0.4, 0.5) is 0 Å². The smallest absolute Gasteiger partial charge is 0.244 e. The van der Waals surface area contributed by atoms with Crippen molar-refractivity contribution in [3.05, 3.63) is 35.9 Å². The van der Waals surface area contributed by atoms with Crippen LogP contribution in [0.15, 0.2) is 30.3 Å². The van der Waals surface area contributed by atoms with Crippen LogP contribution >= 0.6 is 0 Å². The molecule has 1 fully saturated rings. The van der Waals surface area contributed by atoms with Gasteiger partial charge in [0, 0.05) is 13.1 Å². The number of hydrogen-bond donors (Lipinski definition) is 1. The van der Waals surface area contributed by atoms with E-state index in [0.29, 0.717) is 0 Å². The topological polar surface area (TPSA) is 46.3 Å². The second kappa shape index (κ2) is 5.11. The molecule has 0 bridgehead atoms. The van der Waals surface area contributed by atoms with Crippen LogP contribution in [0.5, 0.6) is 0 Å². The van der Waals surface area contributed by atoms with Gasteiger partial charge in [-0.25, -0.2) is 0 Å². The maximum atomic E-state index is 12.4. The molecule has 0 spiro atoms. The van der Waals surface area contributed by atoms with E-state index >= 15 is 0 Å². The fourth-order valence-corrected chi connectivity index (χ4v) is 2.61. The van der Waals surface area contributed by atoms with Gasteiger partial charge in [-0.05, 0) is 23.8 Å². The van der Waals surface area contributed by atoms with E-state index in [-0.39, 0.29) is 11.3 Å². The lowest BCUT2D eigenvalue weighted by Gasteiger charge is -2.39. The molecule has 1 aliphatic heterocycles. The first-order valence-corrected chi connectivity index (χ1v) is 6.59. The molecule has 3 heteroatoms. The molecule has 1 atom stereocenters. The molecular weight excluding hydrogens is 224 g/mol. The van der Waals surface area contributed by atoms with Gasteiger partial charge in [0.25, 0.3) is 0 Å². The van der Waals surface area contributed by atoms with E-state index in [4.69, 9.17) is 5.73 Å². The first-order valence-electron chi connectivity index (χ1n) is 6.59. The zero-order valence-corrected chi connectivity index (χ0v) is 11.2. The second-order valence-electron chi connectivity index (χ2n) is 5.92. The van der Waals surface area contributed by atoms with Gasteiger partial charge in [-0.2, -0.15) is 0 Å². The minimum Gasteiger partial charge on any atom is -0.341 e. The number of piperidine rings is 1. The number of nitrogens with two attached hydrogens (primary N) is 1. The number of hydrogen-bond acceptors (Lipinski definition) is 2. The molecule has 1 heterocycles. The van der Waals surface area contributed by atoms with E-state index in [9.17, 15) is 4.79 Å². The van der Waals surface area contributed by atoms with Crippen molar-refractivity contribution in [3.63, 3.8) is 0 Å². The number of rotatable bonds is 2. The van der Waals surface area contributed by atoms with Gasteiger partial charge in [-0.3, -0.25) is 4.79 Å². The summed E-state index contributed by atoms with van der Waals surface area (Å²) in [5.74, 6) is 0.0500.